The highest BCUT2D eigenvalue weighted by molar-refractivity contribution is 6.30. The van der Waals surface area contributed by atoms with Gasteiger partial charge < -0.3 is 15.4 Å². The molecule has 0 aromatic heterocycles. The fourth-order valence-electron chi connectivity index (χ4n) is 2.93. The summed E-state index contributed by atoms with van der Waals surface area (Å²) >= 11 is 5.91. The summed E-state index contributed by atoms with van der Waals surface area (Å²) in [5.41, 5.74) is 1.25. The van der Waals surface area contributed by atoms with Crippen molar-refractivity contribution in [3.8, 4) is 5.75 Å². The van der Waals surface area contributed by atoms with Gasteiger partial charge in [0, 0.05) is 18.0 Å². The van der Waals surface area contributed by atoms with E-state index in [1.54, 1.807) is 24.3 Å². The second-order valence-electron chi connectivity index (χ2n) is 6.32. The molecule has 28 heavy (non-hydrogen) atoms. The van der Waals surface area contributed by atoms with E-state index in [0.29, 0.717) is 16.1 Å². The number of hydrogen-bond acceptors (Lipinski definition) is 3. The average molecular weight is 413 g/mol. The van der Waals surface area contributed by atoms with Gasteiger partial charge in [-0.15, -0.1) is 13.2 Å². The third kappa shape index (κ3) is 5.16. The second kappa shape index (κ2) is 8.10. The smallest absolute Gasteiger partial charge is 0.406 e. The van der Waals surface area contributed by atoms with Crippen molar-refractivity contribution in [2.45, 2.75) is 18.8 Å². The van der Waals surface area contributed by atoms with Crippen LogP contribution in [0.5, 0.6) is 5.75 Å². The molecule has 1 aliphatic heterocycles. The number of amides is 2. The number of benzene rings is 2. The lowest BCUT2D eigenvalue weighted by Crippen LogP contribution is -2.35. The zero-order valence-corrected chi connectivity index (χ0v) is 15.2. The third-order valence-electron chi connectivity index (χ3n) is 4.29. The van der Waals surface area contributed by atoms with Gasteiger partial charge >= 0.3 is 6.36 Å². The van der Waals surface area contributed by atoms with Gasteiger partial charge in [0.25, 0.3) is 0 Å². The second-order valence-corrected chi connectivity index (χ2v) is 6.75. The molecule has 3 rings (SSSR count). The van der Waals surface area contributed by atoms with Gasteiger partial charge in [-0.1, -0.05) is 35.9 Å². The zero-order chi connectivity index (χ0) is 20.3. The Bertz CT molecular complexity index is 854. The molecule has 0 radical (unpaired) electrons. The van der Waals surface area contributed by atoms with Gasteiger partial charge in [-0.25, -0.2) is 0 Å². The van der Waals surface area contributed by atoms with E-state index in [1.165, 1.54) is 24.3 Å². The summed E-state index contributed by atoms with van der Waals surface area (Å²) in [6.07, 6.45) is -4.69. The zero-order valence-electron chi connectivity index (χ0n) is 14.4. The number of rotatable bonds is 5. The molecule has 1 aliphatic rings. The summed E-state index contributed by atoms with van der Waals surface area (Å²) in [5, 5.41) is 5.97. The van der Waals surface area contributed by atoms with Crippen LogP contribution in [-0.4, -0.2) is 24.7 Å². The fourth-order valence-corrected chi connectivity index (χ4v) is 3.05. The Morgan fingerprint density at radius 3 is 2.18 bits per heavy atom. The average Bonchev–Trinajstić information content (AvgIpc) is 3.06. The molecule has 148 valence electrons. The molecule has 1 fully saturated rings. The largest absolute Gasteiger partial charge is 0.573 e. The van der Waals surface area contributed by atoms with E-state index in [-0.39, 0.29) is 30.5 Å². The van der Waals surface area contributed by atoms with Gasteiger partial charge in [0.1, 0.15) is 5.75 Å². The maximum atomic E-state index is 12.6. The van der Waals surface area contributed by atoms with E-state index in [2.05, 4.69) is 15.4 Å². The molecule has 2 atom stereocenters. The van der Waals surface area contributed by atoms with Gasteiger partial charge in [0.05, 0.1) is 12.0 Å². The van der Waals surface area contributed by atoms with Crippen LogP contribution in [-0.2, 0) is 9.59 Å². The van der Waals surface area contributed by atoms with E-state index >= 15 is 0 Å². The lowest BCUT2D eigenvalue weighted by atomic mass is 9.97. The molecule has 9 heteroatoms. The van der Waals surface area contributed by atoms with Crippen molar-refractivity contribution < 1.29 is 27.5 Å². The molecule has 1 heterocycles. The van der Waals surface area contributed by atoms with Crippen molar-refractivity contribution in [2.75, 3.05) is 6.54 Å². The molecule has 0 saturated carbocycles. The normalized spacial score (nSPS) is 17.7. The molecular weight excluding hydrogens is 397 g/mol. The summed E-state index contributed by atoms with van der Waals surface area (Å²) in [7, 11) is 0. The highest BCUT2D eigenvalue weighted by Gasteiger charge is 2.32. The first-order valence-corrected chi connectivity index (χ1v) is 8.77. The van der Waals surface area contributed by atoms with Gasteiger partial charge in [-0.2, -0.15) is 0 Å². The van der Waals surface area contributed by atoms with Crippen molar-refractivity contribution in [1.29, 1.82) is 0 Å². The highest BCUT2D eigenvalue weighted by Crippen LogP contribution is 2.28. The Balaban J connectivity index is 1.84. The fraction of sp³-hybridized carbons (Fsp3) is 0.263. The molecule has 0 aliphatic carbocycles. The Morgan fingerprint density at radius 2 is 1.68 bits per heavy atom. The molecule has 2 amide bonds. The molecule has 2 aromatic rings. The molecule has 1 unspecified atom stereocenters. The van der Waals surface area contributed by atoms with Gasteiger partial charge in [0.15, 0.2) is 0 Å². The highest BCUT2D eigenvalue weighted by atomic mass is 35.5. The van der Waals surface area contributed by atoms with Crippen LogP contribution in [0.3, 0.4) is 0 Å². The topological polar surface area (TPSA) is 67.4 Å². The Hall–Kier alpha value is -2.74. The van der Waals surface area contributed by atoms with Crippen molar-refractivity contribution >= 4 is 23.4 Å². The van der Waals surface area contributed by atoms with Crippen molar-refractivity contribution in [3.63, 3.8) is 0 Å². The maximum Gasteiger partial charge on any atom is 0.573 e. The van der Waals surface area contributed by atoms with Crippen LogP contribution in [0.2, 0.25) is 5.02 Å². The number of carbonyl (C=O) groups excluding carboxylic acids is 2. The molecule has 0 spiro atoms. The first kappa shape index (κ1) is 20.0. The van der Waals surface area contributed by atoms with Crippen molar-refractivity contribution in [1.82, 2.24) is 10.6 Å². The monoisotopic (exact) mass is 412 g/mol. The summed E-state index contributed by atoms with van der Waals surface area (Å²) in [6, 6.07) is 11.3. The lowest BCUT2D eigenvalue weighted by molar-refractivity contribution is -0.274. The number of hydrogen-bond donors (Lipinski definition) is 2. The van der Waals surface area contributed by atoms with Crippen LogP contribution >= 0.6 is 11.6 Å². The number of nitrogens with one attached hydrogen (secondary N) is 2. The predicted octanol–water partition coefficient (Wildman–Crippen LogP) is 3.58. The molecule has 2 N–H and O–H groups in total. The molecular formula is C19H16ClF3N2O3. The van der Waals surface area contributed by atoms with Crippen LogP contribution in [0, 0.1) is 5.92 Å². The minimum absolute atomic E-state index is 0.0948. The SMILES string of the molecule is O=C1CC(C(=O)N[C@@H](c2ccc(Cl)cc2)c2ccc(OC(F)(F)F)cc2)CN1. The molecule has 0 bridgehead atoms. The van der Waals surface area contributed by atoms with Crippen LogP contribution in [0.4, 0.5) is 13.2 Å². The lowest BCUT2D eigenvalue weighted by Gasteiger charge is -2.22. The minimum atomic E-state index is -4.78. The maximum absolute atomic E-state index is 12.6. The van der Waals surface area contributed by atoms with Gasteiger partial charge in [0.2, 0.25) is 11.8 Å². The first-order valence-electron chi connectivity index (χ1n) is 8.39. The van der Waals surface area contributed by atoms with Gasteiger partial charge in [-0.3, -0.25) is 9.59 Å². The van der Waals surface area contributed by atoms with E-state index < -0.39 is 18.3 Å². The van der Waals surface area contributed by atoms with E-state index in [0.717, 1.165) is 0 Å². The predicted molar refractivity (Wildman–Crippen MR) is 95.7 cm³/mol. The number of alkyl halides is 3. The van der Waals surface area contributed by atoms with Gasteiger partial charge in [-0.05, 0) is 35.4 Å². The van der Waals surface area contributed by atoms with Crippen molar-refractivity contribution in [3.05, 3.63) is 64.7 Å². The van der Waals surface area contributed by atoms with E-state index in [1.807, 2.05) is 0 Å². The summed E-state index contributed by atoms with van der Waals surface area (Å²) in [5.74, 6) is -1.39. The summed E-state index contributed by atoms with van der Waals surface area (Å²) in [4.78, 5) is 23.9. The standard InChI is InChI=1S/C19H16ClF3N2O3/c20-14-5-1-11(2-6-14)17(25-18(27)13-9-16(26)24-10-13)12-3-7-15(8-4-12)28-19(21,22)23/h1-8,13,17H,9-10H2,(H,24,26)(H,25,27)/t13?,17-/m0/s1. The molecule has 2 aromatic carbocycles. The van der Waals surface area contributed by atoms with E-state index in [4.69, 9.17) is 11.6 Å². The minimum Gasteiger partial charge on any atom is -0.406 e. The Kier molecular flexibility index (Phi) is 5.79. The Morgan fingerprint density at radius 1 is 1.11 bits per heavy atom. The number of ether oxygens (including phenoxy) is 1. The van der Waals surface area contributed by atoms with Crippen LogP contribution < -0.4 is 15.4 Å². The van der Waals surface area contributed by atoms with Crippen LogP contribution in [0.1, 0.15) is 23.6 Å². The molecule has 5 nitrogen and oxygen atoms in total. The molecule has 1 saturated heterocycles. The van der Waals surface area contributed by atoms with Crippen LogP contribution in [0.25, 0.3) is 0 Å². The Labute approximate surface area is 163 Å². The summed E-state index contributed by atoms with van der Waals surface area (Å²) < 4.78 is 40.9. The quantitative estimate of drug-likeness (QED) is 0.788. The number of carbonyl (C=O) groups is 2. The van der Waals surface area contributed by atoms with E-state index in [9.17, 15) is 22.8 Å². The third-order valence-corrected chi connectivity index (χ3v) is 4.54. The number of halogens is 4. The van der Waals surface area contributed by atoms with Crippen LogP contribution in [0.15, 0.2) is 48.5 Å². The first-order chi connectivity index (χ1) is 13.2. The summed E-state index contributed by atoms with van der Waals surface area (Å²) in [6.45, 7) is 0.246. The van der Waals surface area contributed by atoms with Crippen molar-refractivity contribution in [2.24, 2.45) is 5.92 Å².